The fraction of sp³-hybridized carbons (Fsp3) is 0.938. The molecular formula is C16H32N2O3. The zero-order chi connectivity index (χ0) is 15.9. The Morgan fingerprint density at radius 3 is 2.62 bits per heavy atom. The van der Waals surface area contributed by atoms with Crippen LogP contribution in [0.15, 0.2) is 0 Å². The highest BCUT2D eigenvalue weighted by Crippen LogP contribution is 2.25. The van der Waals surface area contributed by atoms with Gasteiger partial charge in [-0.25, -0.2) is 0 Å². The molecule has 0 saturated heterocycles. The van der Waals surface area contributed by atoms with Gasteiger partial charge in [0.1, 0.15) is 5.54 Å². The number of hydrogen-bond donors (Lipinski definition) is 2. The quantitative estimate of drug-likeness (QED) is 0.541. The molecule has 0 aromatic heterocycles. The second-order valence-electron chi connectivity index (χ2n) is 6.45. The first-order valence-electron chi connectivity index (χ1n) is 8.17. The molecule has 5 nitrogen and oxygen atoms in total. The van der Waals surface area contributed by atoms with Crippen LogP contribution in [0.4, 0.5) is 0 Å². The third-order valence-electron chi connectivity index (χ3n) is 4.38. The van der Waals surface area contributed by atoms with E-state index < -0.39 is 11.5 Å². The van der Waals surface area contributed by atoms with Crippen LogP contribution in [0.5, 0.6) is 0 Å². The highest BCUT2D eigenvalue weighted by molar-refractivity contribution is 5.78. The van der Waals surface area contributed by atoms with Gasteiger partial charge in [0, 0.05) is 19.2 Å². The molecule has 0 spiro atoms. The van der Waals surface area contributed by atoms with Crippen molar-refractivity contribution in [3.63, 3.8) is 0 Å². The number of unbranched alkanes of at least 4 members (excludes halogenated alkanes) is 1. The predicted octanol–water partition coefficient (Wildman–Crippen LogP) is 2.11. The van der Waals surface area contributed by atoms with E-state index in [1.54, 1.807) is 7.11 Å². The van der Waals surface area contributed by atoms with Crippen LogP contribution >= 0.6 is 0 Å². The summed E-state index contributed by atoms with van der Waals surface area (Å²) in [5, 5.41) is 12.7. The van der Waals surface area contributed by atoms with Crippen LogP contribution in [0, 0.1) is 0 Å². The molecule has 0 aromatic rings. The van der Waals surface area contributed by atoms with Crippen molar-refractivity contribution in [3.05, 3.63) is 0 Å². The summed E-state index contributed by atoms with van der Waals surface area (Å²) in [6, 6.07) is 0.829. The standard InChI is InChI=1S/C16H32N2O3/c1-5-18(13(2)12-21-4)11-7-6-10-16(3,15(19)20)17-14-8-9-14/h13-14,17H,5-12H2,1-4H3,(H,19,20). The molecule has 1 fully saturated rings. The van der Waals surface area contributed by atoms with Crippen molar-refractivity contribution in [2.45, 2.75) is 70.5 Å². The molecule has 1 rings (SSSR count). The van der Waals surface area contributed by atoms with Crippen LogP contribution in [0.2, 0.25) is 0 Å². The topological polar surface area (TPSA) is 61.8 Å². The van der Waals surface area contributed by atoms with E-state index in [0.717, 1.165) is 45.4 Å². The molecule has 21 heavy (non-hydrogen) atoms. The molecular weight excluding hydrogens is 268 g/mol. The number of ether oxygens (including phenoxy) is 1. The number of nitrogens with zero attached hydrogens (tertiary/aromatic N) is 1. The normalized spacial score (nSPS) is 19.5. The molecule has 1 aliphatic rings. The molecule has 1 aliphatic carbocycles. The Morgan fingerprint density at radius 2 is 2.14 bits per heavy atom. The molecule has 0 radical (unpaired) electrons. The largest absolute Gasteiger partial charge is 0.480 e. The van der Waals surface area contributed by atoms with Gasteiger partial charge >= 0.3 is 5.97 Å². The van der Waals surface area contributed by atoms with E-state index in [1.165, 1.54) is 0 Å². The van der Waals surface area contributed by atoms with E-state index in [2.05, 4.69) is 24.1 Å². The SMILES string of the molecule is CCN(CCCCC(C)(NC1CC1)C(=O)O)C(C)COC. The number of carboxylic acids is 1. The van der Waals surface area contributed by atoms with Gasteiger partial charge in [0.15, 0.2) is 0 Å². The lowest BCUT2D eigenvalue weighted by atomic mass is 9.94. The molecule has 2 N–H and O–H groups in total. The summed E-state index contributed by atoms with van der Waals surface area (Å²) in [6.07, 6.45) is 4.87. The first-order chi connectivity index (χ1) is 9.92. The van der Waals surface area contributed by atoms with Gasteiger partial charge in [0.05, 0.1) is 6.61 Å². The molecule has 2 unspecified atom stereocenters. The highest BCUT2D eigenvalue weighted by atomic mass is 16.5. The maximum atomic E-state index is 11.5. The lowest BCUT2D eigenvalue weighted by Crippen LogP contribution is -2.50. The second kappa shape index (κ2) is 8.71. The fourth-order valence-corrected chi connectivity index (χ4v) is 2.75. The zero-order valence-corrected chi connectivity index (χ0v) is 14.0. The third kappa shape index (κ3) is 6.32. The van der Waals surface area contributed by atoms with E-state index in [4.69, 9.17) is 4.74 Å². The minimum atomic E-state index is -0.768. The molecule has 0 heterocycles. The summed E-state index contributed by atoms with van der Waals surface area (Å²) >= 11 is 0. The van der Waals surface area contributed by atoms with Crippen molar-refractivity contribution >= 4 is 5.97 Å². The average molecular weight is 300 g/mol. The molecule has 124 valence electrons. The maximum absolute atomic E-state index is 11.5. The van der Waals surface area contributed by atoms with Crippen LogP contribution in [0.1, 0.15) is 52.9 Å². The fourth-order valence-electron chi connectivity index (χ4n) is 2.75. The van der Waals surface area contributed by atoms with Crippen LogP contribution in [0.25, 0.3) is 0 Å². The monoisotopic (exact) mass is 300 g/mol. The number of carbonyl (C=O) groups is 1. The van der Waals surface area contributed by atoms with Crippen LogP contribution < -0.4 is 5.32 Å². The Bertz CT molecular complexity index is 321. The Hall–Kier alpha value is -0.650. The van der Waals surface area contributed by atoms with Crippen molar-refractivity contribution in [3.8, 4) is 0 Å². The summed E-state index contributed by atoms with van der Waals surface area (Å²) in [5.74, 6) is -0.727. The Kier molecular flexibility index (Phi) is 7.63. The molecule has 2 atom stereocenters. The number of rotatable bonds is 12. The molecule has 0 aromatic carbocycles. The van der Waals surface area contributed by atoms with Crippen molar-refractivity contribution in [1.82, 2.24) is 10.2 Å². The van der Waals surface area contributed by atoms with Gasteiger partial charge in [-0.2, -0.15) is 0 Å². The molecule has 1 saturated carbocycles. The van der Waals surface area contributed by atoms with E-state index in [1.807, 2.05) is 6.92 Å². The predicted molar refractivity (Wildman–Crippen MR) is 84.6 cm³/mol. The molecule has 0 amide bonds. The van der Waals surface area contributed by atoms with Gasteiger partial charge in [-0.3, -0.25) is 15.0 Å². The van der Waals surface area contributed by atoms with Crippen LogP contribution in [0.3, 0.4) is 0 Å². The number of carboxylic acid groups (broad SMARTS) is 1. The van der Waals surface area contributed by atoms with Crippen molar-refractivity contribution in [1.29, 1.82) is 0 Å². The minimum absolute atomic E-state index is 0.412. The van der Waals surface area contributed by atoms with Gasteiger partial charge in [-0.15, -0.1) is 0 Å². The number of methoxy groups -OCH3 is 1. The number of likely N-dealkylation sites (N-methyl/N-ethyl adjacent to an activating group) is 1. The van der Waals surface area contributed by atoms with Gasteiger partial charge in [0.25, 0.3) is 0 Å². The Labute approximate surface area is 129 Å². The van der Waals surface area contributed by atoms with Gasteiger partial charge in [-0.1, -0.05) is 6.92 Å². The number of nitrogens with one attached hydrogen (secondary N) is 1. The highest BCUT2D eigenvalue weighted by Gasteiger charge is 2.37. The maximum Gasteiger partial charge on any atom is 0.323 e. The summed E-state index contributed by atoms with van der Waals surface area (Å²) in [4.78, 5) is 13.9. The number of aliphatic carboxylic acids is 1. The van der Waals surface area contributed by atoms with E-state index >= 15 is 0 Å². The van der Waals surface area contributed by atoms with Crippen LogP contribution in [-0.4, -0.2) is 60.4 Å². The van der Waals surface area contributed by atoms with Crippen molar-refractivity contribution in [2.24, 2.45) is 0 Å². The lowest BCUT2D eigenvalue weighted by Gasteiger charge is -2.29. The van der Waals surface area contributed by atoms with Crippen LogP contribution in [-0.2, 0) is 9.53 Å². The van der Waals surface area contributed by atoms with Crippen molar-refractivity contribution < 1.29 is 14.6 Å². The first kappa shape index (κ1) is 18.4. The second-order valence-corrected chi connectivity index (χ2v) is 6.45. The van der Waals surface area contributed by atoms with E-state index in [-0.39, 0.29) is 0 Å². The van der Waals surface area contributed by atoms with Crippen molar-refractivity contribution in [2.75, 3.05) is 26.8 Å². The minimum Gasteiger partial charge on any atom is -0.480 e. The smallest absolute Gasteiger partial charge is 0.323 e. The summed E-state index contributed by atoms with van der Waals surface area (Å²) in [5.41, 5.74) is -0.768. The summed E-state index contributed by atoms with van der Waals surface area (Å²) in [6.45, 7) is 8.88. The average Bonchev–Trinajstić information content (AvgIpc) is 3.22. The number of hydrogen-bond acceptors (Lipinski definition) is 4. The molecule has 5 heteroatoms. The van der Waals surface area contributed by atoms with Gasteiger partial charge < -0.3 is 9.84 Å². The van der Waals surface area contributed by atoms with Gasteiger partial charge in [-0.05, 0) is 59.0 Å². The molecule has 0 aliphatic heterocycles. The van der Waals surface area contributed by atoms with Gasteiger partial charge in [0.2, 0.25) is 0 Å². The first-order valence-corrected chi connectivity index (χ1v) is 8.17. The zero-order valence-electron chi connectivity index (χ0n) is 14.0. The van der Waals surface area contributed by atoms with E-state index in [0.29, 0.717) is 18.5 Å². The molecule has 0 bridgehead atoms. The summed E-state index contributed by atoms with van der Waals surface area (Å²) in [7, 11) is 1.73. The summed E-state index contributed by atoms with van der Waals surface area (Å²) < 4.78 is 5.20. The van der Waals surface area contributed by atoms with E-state index in [9.17, 15) is 9.90 Å². The lowest BCUT2D eigenvalue weighted by molar-refractivity contribution is -0.144. The Balaban J connectivity index is 2.31. The Morgan fingerprint density at radius 1 is 1.48 bits per heavy atom. The third-order valence-corrected chi connectivity index (χ3v) is 4.38.